The van der Waals surface area contributed by atoms with Crippen molar-refractivity contribution in [1.29, 1.82) is 0 Å². The summed E-state index contributed by atoms with van der Waals surface area (Å²) in [6.45, 7) is 7.59. The number of methoxy groups -OCH3 is 1. The Hall–Kier alpha value is -0.120. The van der Waals surface area contributed by atoms with Crippen molar-refractivity contribution in [3.8, 4) is 0 Å². The van der Waals surface area contributed by atoms with Crippen molar-refractivity contribution in [2.75, 3.05) is 13.7 Å². The highest BCUT2D eigenvalue weighted by Gasteiger charge is 2.44. The molecule has 3 heteroatoms. The molecule has 2 aliphatic rings. The molecule has 0 aromatic heterocycles. The average molecular weight is 255 g/mol. The number of ether oxygens (including phenoxy) is 2. The number of rotatable bonds is 7. The molecule has 0 saturated carbocycles. The molecule has 4 unspecified atom stereocenters. The summed E-state index contributed by atoms with van der Waals surface area (Å²) in [5.74, 6) is 0.719. The summed E-state index contributed by atoms with van der Waals surface area (Å²) in [6.07, 6.45) is 7.17. The Labute approximate surface area is 112 Å². The summed E-state index contributed by atoms with van der Waals surface area (Å²) in [5, 5.41) is 3.67. The maximum atomic E-state index is 6.00. The Balaban J connectivity index is 1.88. The van der Waals surface area contributed by atoms with Gasteiger partial charge in [0.25, 0.3) is 0 Å². The summed E-state index contributed by atoms with van der Waals surface area (Å²) < 4.78 is 11.5. The molecule has 2 saturated heterocycles. The number of hydrogen-bond donors (Lipinski definition) is 1. The van der Waals surface area contributed by atoms with Gasteiger partial charge in [-0.05, 0) is 52.5 Å². The Morgan fingerprint density at radius 1 is 1.39 bits per heavy atom. The van der Waals surface area contributed by atoms with E-state index in [9.17, 15) is 0 Å². The second-order valence-electron chi connectivity index (χ2n) is 6.44. The smallest absolute Gasteiger partial charge is 0.0623 e. The van der Waals surface area contributed by atoms with E-state index in [1.807, 2.05) is 7.11 Å². The summed E-state index contributed by atoms with van der Waals surface area (Å²) in [4.78, 5) is 0. The van der Waals surface area contributed by atoms with Crippen molar-refractivity contribution < 1.29 is 9.47 Å². The number of hydrogen-bond acceptors (Lipinski definition) is 3. The van der Waals surface area contributed by atoms with E-state index < -0.39 is 0 Å². The predicted octanol–water partition coefficient (Wildman–Crippen LogP) is 2.74. The first-order valence-electron chi connectivity index (χ1n) is 7.49. The molecule has 1 N–H and O–H groups in total. The molecule has 0 aliphatic carbocycles. The topological polar surface area (TPSA) is 30.5 Å². The van der Waals surface area contributed by atoms with Gasteiger partial charge < -0.3 is 14.8 Å². The van der Waals surface area contributed by atoms with Gasteiger partial charge in [0.2, 0.25) is 0 Å². The monoisotopic (exact) mass is 255 g/mol. The van der Waals surface area contributed by atoms with Crippen molar-refractivity contribution in [3.63, 3.8) is 0 Å². The van der Waals surface area contributed by atoms with E-state index in [0.717, 1.165) is 18.9 Å². The fourth-order valence-electron chi connectivity index (χ4n) is 3.44. The summed E-state index contributed by atoms with van der Waals surface area (Å²) >= 11 is 0. The van der Waals surface area contributed by atoms with Crippen molar-refractivity contribution >= 4 is 0 Å². The van der Waals surface area contributed by atoms with E-state index in [1.165, 1.54) is 25.7 Å². The van der Waals surface area contributed by atoms with Gasteiger partial charge in [0, 0.05) is 19.1 Å². The third kappa shape index (κ3) is 3.25. The van der Waals surface area contributed by atoms with E-state index in [0.29, 0.717) is 18.2 Å². The minimum absolute atomic E-state index is 0.00779. The first kappa shape index (κ1) is 14.3. The normalized spacial score (nSPS) is 33.0. The lowest BCUT2D eigenvalue weighted by molar-refractivity contribution is 0.00845. The third-order valence-corrected chi connectivity index (χ3v) is 4.75. The van der Waals surface area contributed by atoms with E-state index in [1.54, 1.807) is 0 Å². The molecule has 4 atom stereocenters. The highest BCUT2D eigenvalue weighted by Crippen LogP contribution is 2.41. The van der Waals surface area contributed by atoms with Crippen LogP contribution in [0.2, 0.25) is 0 Å². The minimum Gasteiger partial charge on any atom is -0.379 e. The van der Waals surface area contributed by atoms with E-state index in [4.69, 9.17) is 9.47 Å². The number of fused-ring (bicyclic) bond motifs is 2. The van der Waals surface area contributed by atoms with Gasteiger partial charge in [-0.3, -0.25) is 0 Å². The van der Waals surface area contributed by atoms with Gasteiger partial charge in [-0.2, -0.15) is 0 Å². The second kappa shape index (κ2) is 5.89. The lowest BCUT2D eigenvalue weighted by atomic mass is 9.81. The van der Waals surface area contributed by atoms with Crippen molar-refractivity contribution in [2.45, 2.75) is 76.7 Å². The van der Waals surface area contributed by atoms with Gasteiger partial charge in [0.05, 0.1) is 17.8 Å². The molecule has 2 fully saturated rings. The van der Waals surface area contributed by atoms with Gasteiger partial charge >= 0.3 is 0 Å². The fourth-order valence-corrected chi connectivity index (χ4v) is 3.44. The molecular formula is C15H29NO2. The van der Waals surface area contributed by atoms with Crippen LogP contribution >= 0.6 is 0 Å². The van der Waals surface area contributed by atoms with Crippen molar-refractivity contribution in [2.24, 2.45) is 5.92 Å². The Morgan fingerprint density at radius 2 is 2.17 bits per heavy atom. The van der Waals surface area contributed by atoms with Crippen LogP contribution in [0.15, 0.2) is 0 Å². The molecule has 0 radical (unpaired) electrons. The Morgan fingerprint density at radius 3 is 2.67 bits per heavy atom. The lowest BCUT2D eigenvalue weighted by Gasteiger charge is -2.32. The largest absolute Gasteiger partial charge is 0.379 e. The van der Waals surface area contributed by atoms with Crippen molar-refractivity contribution in [3.05, 3.63) is 0 Å². The molecule has 0 amide bonds. The summed E-state index contributed by atoms with van der Waals surface area (Å²) in [7, 11) is 1.81. The summed E-state index contributed by atoms with van der Waals surface area (Å²) in [6, 6.07) is 0.597. The molecule has 18 heavy (non-hydrogen) atoms. The highest BCUT2D eigenvalue weighted by atomic mass is 16.5. The van der Waals surface area contributed by atoms with E-state index in [-0.39, 0.29) is 5.60 Å². The molecule has 3 nitrogen and oxygen atoms in total. The second-order valence-corrected chi connectivity index (χ2v) is 6.44. The van der Waals surface area contributed by atoms with Crippen LogP contribution in [0.1, 0.15) is 52.9 Å². The van der Waals surface area contributed by atoms with Crippen LogP contribution in [-0.2, 0) is 9.47 Å². The standard InChI is InChI=1S/C15H29NO2/c1-5-16-13(8-9-15(2,3)17-4)12-10-11-6-7-14(12)18-11/h11-14,16H,5-10H2,1-4H3. The first-order valence-corrected chi connectivity index (χ1v) is 7.49. The SMILES string of the molecule is CCNC(CCC(C)(C)OC)C1CC2CCC1O2. The lowest BCUT2D eigenvalue weighted by Crippen LogP contribution is -2.42. The van der Waals surface area contributed by atoms with Gasteiger partial charge in [-0.1, -0.05) is 6.92 Å². The maximum Gasteiger partial charge on any atom is 0.0623 e. The molecule has 2 heterocycles. The maximum absolute atomic E-state index is 6.00. The summed E-state index contributed by atoms with van der Waals surface area (Å²) in [5.41, 5.74) is -0.00779. The molecule has 2 aliphatic heterocycles. The van der Waals surface area contributed by atoms with Crippen LogP contribution in [-0.4, -0.2) is 37.5 Å². The predicted molar refractivity (Wildman–Crippen MR) is 73.8 cm³/mol. The zero-order valence-electron chi connectivity index (χ0n) is 12.4. The van der Waals surface area contributed by atoms with Gasteiger partial charge in [0.1, 0.15) is 0 Å². The van der Waals surface area contributed by atoms with E-state index >= 15 is 0 Å². The fraction of sp³-hybridized carbons (Fsp3) is 1.00. The molecule has 0 aromatic carbocycles. The zero-order valence-corrected chi connectivity index (χ0v) is 12.4. The van der Waals surface area contributed by atoms with Crippen LogP contribution < -0.4 is 5.32 Å². The van der Waals surface area contributed by atoms with Crippen LogP contribution in [0.3, 0.4) is 0 Å². The molecule has 2 bridgehead atoms. The molecular weight excluding hydrogens is 226 g/mol. The minimum atomic E-state index is -0.00779. The van der Waals surface area contributed by atoms with Crippen LogP contribution in [0, 0.1) is 5.92 Å². The van der Waals surface area contributed by atoms with Crippen LogP contribution in [0.5, 0.6) is 0 Å². The Kier molecular flexibility index (Phi) is 4.68. The quantitative estimate of drug-likeness (QED) is 0.759. The zero-order chi connectivity index (χ0) is 13.2. The van der Waals surface area contributed by atoms with Gasteiger partial charge in [-0.15, -0.1) is 0 Å². The Bertz CT molecular complexity index is 267. The van der Waals surface area contributed by atoms with Crippen LogP contribution in [0.4, 0.5) is 0 Å². The van der Waals surface area contributed by atoms with Gasteiger partial charge in [0.15, 0.2) is 0 Å². The third-order valence-electron chi connectivity index (χ3n) is 4.75. The molecule has 2 rings (SSSR count). The molecule has 0 aromatic rings. The van der Waals surface area contributed by atoms with Crippen LogP contribution in [0.25, 0.3) is 0 Å². The first-order chi connectivity index (χ1) is 8.55. The van der Waals surface area contributed by atoms with Gasteiger partial charge in [-0.25, -0.2) is 0 Å². The number of nitrogens with one attached hydrogen (secondary N) is 1. The van der Waals surface area contributed by atoms with E-state index in [2.05, 4.69) is 26.1 Å². The highest BCUT2D eigenvalue weighted by molar-refractivity contribution is 4.95. The molecule has 0 spiro atoms. The molecule has 106 valence electrons. The van der Waals surface area contributed by atoms with Crippen molar-refractivity contribution in [1.82, 2.24) is 5.32 Å². The average Bonchev–Trinajstić information content (AvgIpc) is 2.96.